The van der Waals surface area contributed by atoms with Crippen LogP contribution in [0.2, 0.25) is 0 Å². The molecule has 0 radical (unpaired) electrons. The lowest BCUT2D eigenvalue weighted by molar-refractivity contribution is 0.00206. The molecule has 2 amide bonds. The molecule has 2 aliphatic heterocycles. The van der Waals surface area contributed by atoms with E-state index in [4.69, 9.17) is 18.9 Å². The molecule has 0 aromatic heterocycles. The van der Waals surface area contributed by atoms with Crippen LogP contribution in [0.25, 0.3) is 10.8 Å². The smallest absolute Gasteiger partial charge is 0.335 e. The predicted octanol–water partition coefficient (Wildman–Crippen LogP) is 4.88. The second-order valence-electron chi connectivity index (χ2n) is 11.9. The van der Waals surface area contributed by atoms with E-state index in [1.165, 1.54) is 22.6 Å². The van der Waals surface area contributed by atoms with Crippen molar-refractivity contribution >= 4 is 39.9 Å². The number of carbonyl (C=O) groups excluding carboxylic acids is 2. The van der Waals surface area contributed by atoms with Gasteiger partial charge in [-0.25, -0.2) is 4.79 Å². The molecule has 11 nitrogen and oxygen atoms in total. The number of anilines is 2. The van der Waals surface area contributed by atoms with Crippen molar-refractivity contribution in [1.29, 1.82) is 0 Å². The Bertz CT molecular complexity index is 1720. The van der Waals surface area contributed by atoms with Gasteiger partial charge >= 0.3 is 5.97 Å². The van der Waals surface area contributed by atoms with Crippen molar-refractivity contribution in [2.24, 2.45) is 0 Å². The fraction of sp³-hybridized carbons (Fsp3) is 0.342. The molecule has 49 heavy (non-hydrogen) atoms. The maximum absolute atomic E-state index is 13.5. The number of nitrogens with zero attached hydrogens (tertiary/aromatic N) is 2. The zero-order valence-corrected chi connectivity index (χ0v) is 27.4. The van der Waals surface area contributed by atoms with Crippen LogP contribution in [0.5, 0.6) is 0 Å². The summed E-state index contributed by atoms with van der Waals surface area (Å²) < 4.78 is 22.6. The molecule has 2 aliphatic rings. The molecule has 6 rings (SSSR count). The first-order chi connectivity index (χ1) is 24.0. The molecule has 0 unspecified atom stereocenters. The molecule has 1 saturated heterocycles. The summed E-state index contributed by atoms with van der Waals surface area (Å²) in [5, 5.41) is 14.2. The van der Waals surface area contributed by atoms with Gasteiger partial charge in [-0.15, -0.1) is 0 Å². The third-order valence-electron chi connectivity index (χ3n) is 8.69. The Morgan fingerprint density at radius 2 is 1.24 bits per heavy atom. The molecule has 256 valence electrons. The highest BCUT2D eigenvalue weighted by Crippen LogP contribution is 2.35. The Balaban J connectivity index is 1.08. The minimum absolute atomic E-state index is 0.0519. The molecule has 0 aliphatic carbocycles. The van der Waals surface area contributed by atoms with Crippen LogP contribution < -0.4 is 10.2 Å². The molecule has 2 N–H and O–H groups in total. The van der Waals surface area contributed by atoms with Gasteiger partial charge in [0.1, 0.15) is 0 Å². The van der Waals surface area contributed by atoms with Crippen LogP contribution in [0.4, 0.5) is 11.4 Å². The van der Waals surface area contributed by atoms with Crippen LogP contribution in [-0.4, -0.2) is 100 Å². The van der Waals surface area contributed by atoms with Gasteiger partial charge in [0.25, 0.3) is 11.8 Å². The Hall–Kier alpha value is -4.81. The van der Waals surface area contributed by atoms with Crippen LogP contribution in [0.3, 0.4) is 0 Å². The summed E-state index contributed by atoms with van der Waals surface area (Å²) in [6, 6.07) is 23.9. The molecule has 4 aromatic carbocycles. The molecule has 4 aromatic rings. The van der Waals surface area contributed by atoms with E-state index < -0.39 is 5.97 Å². The molecular formula is C38H41N3O8. The summed E-state index contributed by atoms with van der Waals surface area (Å²) in [5.41, 5.74) is 4.88. The molecule has 1 fully saturated rings. The second-order valence-corrected chi connectivity index (χ2v) is 11.9. The number of carboxylic acids is 1. The SMILES string of the molecule is O=C(O)c1ccc(CN2C(=O)c3cccc4c(NCCc5ccc(N6CCOCCOCCOCCOCC6)cc5)ccc(c34)C2=O)cc1. The molecule has 0 bridgehead atoms. The van der Waals surface area contributed by atoms with Gasteiger partial charge in [0.15, 0.2) is 0 Å². The van der Waals surface area contributed by atoms with Crippen molar-refractivity contribution in [3.05, 3.63) is 107 Å². The first-order valence-corrected chi connectivity index (χ1v) is 16.6. The Morgan fingerprint density at radius 1 is 0.673 bits per heavy atom. The van der Waals surface area contributed by atoms with Crippen molar-refractivity contribution < 1.29 is 38.4 Å². The van der Waals surface area contributed by atoms with Gasteiger partial charge in [-0.3, -0.25) is 14.5 Å². The van der Waals surface area contributed by atoms with Crippen LogP contribution in [-0.2, 0) is 31.9 Å². The highest BCUT2D eigenvalue weighted by Gasteiger charge is 2.33. The highest BCUT2D eigenvalue weighted by atomic mass is 16.6. The number of aromatic carboxylic acids is 1. The van der Waals surface area contributed by atoms with Crippen molar-refractivity contribution in [2.75, 3.05) is 82.7 Å². The van der Waals surface area contributed by atoms with Gasteiger partial charge in [0.2, 0.25) is 0 Å². The van der Waals surface area contributed by atoms with Crippen LogP contribution >= 0.6 is 0 Å². The standard InChI is InChI=1S/C38H41N3O8/c42-36-32-3-1-2-31-34(13-12-33(35(31)32)37(43)41(36)26-28-4-8-29(9-5-28)38(44)45)39-15-14-27-6-10-30(11-7-27)40-16-18-46-20-22-48-24-25-49-23-21-47-19-17-40/h1-13,39H,14-26H2,(H,44,45). The number of imide groups is 1. The minimum Gasteiger partial charge on any atom is -0.478 e. The third kappa shape index (κ3) is 8.44. The van der Waals surface area contributed by atoms with Gasteiger partial charge in [0, 0.05) is 52.9 Å². The van der Waals surface area contributed by atoms with E-state index in [9.17, 15) is 19.5 Å². The van der Waals surface area contributed by atoms with E-state index in [2.05, 4.69) is 34.5 Å². The first kappa shape index (κ1) is 34.1. The molecular weight excluding hydrogens is 626 g/mol. The maximum atomic E-state index is 13.5. The number of carbonyl (C=O) groups is 3. The van der Waals surface area contributed by atoms with E-state index in [1.54, 1.807) is 24.3 Å². The fourth-order valence-corrected chi connectivity index (χ4v) is 6.08. The quantitative estimate of drug-likeness (QED) is 0.251. The van der Waals surface area contributed by atoms with E-state index in [-0.39, 0.29) is 23.9 Å². The average molecular weight is 668 g/mol. The largest absolute Gasteiger partial charge is 0.478 e. The highest BCUT2D eigenvalue weighted by molar-refractivity contribution is 6.26. The van der Waals surface area contributed by atoms with Crippen LogP contribution in [0, 0.1) is 0 Å². The molecule has 2 heterocycles. The number of hydrogen-bond donors (Lipinski definition) is 2. The van der Waals surface area contributed by atoms with Crippen LogP contribution in [0.1, 0.15) is 42.2 Å². The topological polar surface area (TPSA) is 127 Å². The van der Waals surface area contributed by atoms with Gasteiger partial charge in [-0.2, -0.15) is 0 Å². The molecule has 11 heteroatoms. The second kappa shape index (κ2) is 16.5. The van der Waals surface area contributed by atoms with E-state index in [0.29, 0.717) is 81.5 Å². The Kier molecular flexibility index (Phi) is 11.5. The molecule has 0 atom stereocenters. The molecule has 0 saturated carbocycles. The maximum Gasteiger partial charge on any atom is 0.335 e. The van der Waals surface area contributed by atoms with Crippen molar-refractivity contribution in [1.82, 2.24) is 4.90 Å². The third-order valence-corrected chi connectivity index (χ3v) is 8.69. The van der Waals surface area contributed by atoms with Crippen LogP contribution in [0.15, 0.2) is 78.9 Å². The predicted molar refractivity (Wildman–Crippen MR) is 186 cm³/mol. The number of carboxylic acid groups (broad SMARTS) is 1. The van der Waals surface area contributed by atoms with E-state index >= 15 is 0 Å². The number of rotatable bonds is 8. The monoisotopic (exact) mass is 667 g/mol. The van der Waals surface area contributed by atoms with Crippen molar-refractivity contribution in [2.45, 2.75) is 13.0 Å². The van der Waals surface area contributed by atoms with E-state index in [0.717, 1.165) is 36.3 Å². The normalized spacial score (nSPS) is 16.7. The summed E-state index contributed by atoms with van der Waals surface area (Å²) in [7, 11) is 0. The average Bonchev–Trinajstić information content (AvgIpc) is 3.13. The van der Waals surface area contributed by atoms with Gasteiger partial charge in [0.05, 0.1) is 65.0 Å². The lowest BCUT2D eigenvalue weighted by Gasteiger charge is -2.28. The lowest BCUT2D eigenvalue weighted by Crippen LogP contribution is -2.39. The summed E-state index contributed by atoms with van der Waals surface area (Å²) in [5.74, 6) is -1.78. The van der Waals surface area contributed by atoms with Gasteiger partial charge in [-0.1, -0.05) is 36.4 Å². The summed E-state index contributed by atoms with van der Waals surface area (Å²) >= 11 is 0. The minimum atomic E-state index is -1.03. The zero-order chi connectivity index (χ0) is 34.0. The fourth-order valence-electron chi connectivity index (χ4n) is 6.08. The summed E-state index contributed by atoms with van der Waals surface area (Å²) in [4.78, 5) is 41.8. The summed E-state index contributed by atoms with van der Waals surface area (Å²) in [6.07, 6.45) is 0.780. The Labute approximate surface area is 285 Å². The number of amides is 2. The number of hydrogen-bond acceptors (Lipinski definition) is 9. The number of nitrogens with one attached hydrogen (secondary N) is 1. The van der Waals surface area contributed by atoms with Crippen molar-refractivity contribution in [3.8, 4) is 0 Å². The number of benzene rings is 4. The molecule has 0 spiro atoms. The Morgan fingerprint density at radius 3 is 1.86 bits per heavy atom. The van der Waals surface area contributed by atoms with Gasteiger partial charge in [-0.05, 0) is 60.0 Å². The van der Waals surface area contributed by atoms with Gasteiger partial charge < -0.3 is 34.3 Å². The first-order valence-electron chi connectivity index (χ1n) is 16.6. The van der Waals surface area contributed by atoms with Crippen molar-refractivity contribution in [3.63, 3.8) is 0 Å². The van der Waals surface area contributed by atoms with E-state index in [1.807, 2.05) is 18.2 Å². The summed E-state index contributed by atoms with van der Waals surface area (Å²) in [6.45, 7) is 6.69. The lowest BCUT2D eigenvalue weighted by atomic mass is 9.92. The number of ether oxygens (including phenoxy) is 4. The zero-order valence-electron chi connectivity index (χ0n) is 27.4.